The van der Waals surface area contributed by atoms with Crippen LogP contribution in [0.15, 0.2) is 48.0 Å². The fraction of sp³-hybridized carbons (Fsp3) is 0.318. The molecule has 0 aliphatic carbocycles. The molecule has 146 valence electrons. The molecule has 0 atom stereocenters. The summed E-state index contributed by atoms with van der Waals surface area (Å²) in [6.07, 6.45) is 1.87. The van der Waals surface area contributed by atoms with Crippen LogP contribution in [0.25, 0.3) is 6.08 Å². The molecule has 1 saturated heterocycles. The summed E-state index contributed by atoms with van der Waals surface area (Å²) in [4.78, 5) is 15.1. The van der Waals surface area contributed by atoms with E-state index in [2.05, 4.69) is 10.2 Å². The molecule has 0 aromatic heterocycles. The minimum Gasteiger partial charge on any atom is -0.490 e. The Balaban J connectivity index is 1.54. The average molecular weight is 380 g/mol. The fourth-order valence-corrected chi connectivity index (χ4v) is 3.44. The van der Waals surface area contributed by atoms with Crippen molar-refractivity contribution in [3.8, 4) is 11.5 Å². The van der Waals surface area contributed by atoms with Gasteiger partial charge in [-0.05, 0) is 31.2 Å². The number of nitrogens with zero attached hydrogens (tertiary/aromatic N) is 1. The second-order valence-electron chi connectivity index (χ2n) is 6.64. The molecule has 2 aliphatic rings. The van der Waals surface area contributed by atoms with Crippen molar-refractivity contribution < 1.29 is 19.0 Å². The summed E-state index contributed by atoms with van der Waals surface area (Å²) in [5.74, 6) is 1.23. The minimum atomic E-state index is -0.159. The van der Waals surface area contributed by atoms with Crippen LogP contribution in [0.5, 0.6) is 11.5 Å². The highest BCUT2D eigenvalue weighted by molar-refractivity contribution is 6.09. The van der Waals surface area contributed by atoms with E-state index in [0.717, 1.165) is 30.0 Å². The van der Waals surface area contributed by atoms with Gasteiger partial charge in [0.25, 0.3) is 5.91 Å². The van der Waals surface area contributed by atoms with E-state index < -0.39 is 0 Å². The van der Waals surface area contributed by atoms with Crippen molar-refractivity contribution in [2.45, 2.75) is 6.92 Å². The number of amides is 1. The molecule has 1 fully saturated rings. The average Bonchev–Trinajstić information content (AvgIpc) is 2.75. The van der Waals surface area contributed by atoms with E-state index in [-0.39, 0.29) is 12.5 Å². The van der Waals surface area contributed by atoms with Gasteiger partial charge in [-0.2, -0.15) is 0 Å². The maximum atomic E-state index is 12.9. The van der Waals surface area contributed by atoms with Gasteiger partial charge >= 0.3 is 0 Å². The van der Waals surface area contributed by atoms with E-state index in [9.17, 15) is 4.79 Å². The zero-order valence-electron chi connectivity index (χ0n) is 15.9. The molecule has 0 radical (unpaired) electrons. The molecular formula is C22H24N2O4. The predicted molar refractivity (Wildman–Crippen MR) is 109 cm³/mol. The van der Waals surface area contributed by atoms with Crippen LogP contribution < -0.4 is 19.7 Å². The largest absolute Gasteiger partial charge is 0.490 e. The number of ether oxygens (including phenoxy) is 3. The van der Waals surface area contributed by atoms with E-state index in [1.807, 2.05) is 55.5 Å². The molecule has 1 amide bonds. The van der Waals surface area contributed by atoms with E-state index >= 15 is 0 Å². The van der Waals surface area contributed by atoms with Gasteiger partial charge in [0.1, 0.15) is 6.61 Å². The lowest BCUT2D eigenvalue weighted by atomic mass is 10.1. The second kappa shape index (κ2) is 8.35. The van der Waals surface area contributed by atoms with Crippen molar-refractivity contribution in [1.29, 1.82) is 0 Å². The lowest BCUT2D eigenvalue weighted by Crippen LogP contribution is -2.36. The third-order valence-electron chi connectivity index (χ3n) is 4.81. The van der Waals surface area contributed by atoms with Gasteiger partial charge in [0.2, 0.25) is 0 Å². The maximum absolute atomic E-state index is 12.9. The van der Waals surface area contributed by atoms with Gasteiger partial charge in [0.05, 0.1) is 36.8 Å². The summed E-state index contributed by atoms with van der Waals surface area (Å²) >= 11 is 0. The van der Waals surface area contributed by atoms with Crippen LogP contribution in [0.1, 0.15) is 12.5 Å². The van der Waals surface area contributed by atoms with Gasteiger partial charge in [-0.25, -0.2) is 0 Å². The van der Waals surface area contributed by atoms with Gasteiger partial charge in [0, 0.05) is 18.7 Å². The third kappa shape index (κ3) is 3.82. The normalized spacial score (nSPS) is 15.9. The van der Waals surface area contributed by atoms with Gasteiger partial charge in [0.15, 0.2) is 11.5 Å². The number of carbonyl (C=O) groups excluding carboxylic acids is 1. The molecule has 2 aromatic rings. The van der Waals surface area contributed by atoms with E-state index in [1.54, 1.807) is 0 Å². The molecule has 2 aliphatic heterocycles. The molecule has 2 aromatic carbocycles. The summed E-state index contributed by atoms with van der Waals surface area (Å²) < 4.78 is 16.9. The number of benzene rings is 2. The third-order valence-corrected chi connectivity index (χ3v) is 4.81. The Hall–Kier alpha value is -2.99. The van der Waals surface area contributed by atoms with Gasteiger partial charge in [-0.1, -0.05) is 24.3 Å². The first-order chi connectivity index (χ1) is 13.8. The Bertz CT molecular complexity index is 888. The highest BCUT2D eigenvalue weighted by Crippen LogP contribution is 2.36. The number of carbonyl (C=O) groups is 1. The first kappa shape index (κ1) is 18.4. The van der Waals surface area contributed by atoms with E-state index in [1.165, 1.54) is 0 Å². The SMILES string of the molecule is CCOc1cccc2c1OCC(C(=O)Nc1ccccc1N1CCOCC1)=C2. The molecule has 0 spiro atoms. The quantitative estimate of drug-likeness (QED) is 0.862. The molecular weight excluding hydrogens is 356 g/mol. The molecule has 0 unspecified atom stereocenters. The number of morpholine rings is 1. The zero-order chi connectivity index (χ0) is 19.3. The van der Waals surface area contributed by atoms with Gasteiger partial charge < -0.3 is 24.4 Å². The standard InChI is InChI=1S/C22H24N2O4/c1-2-27-20-9-5-6-16-14-17(15-28-21(16)20)22(25)23-18-7-3-4-8-19(18)24-10-12-26-13-11-24/h3-9,14H,2,10-13,15H2,1H3,(H,23,25). The molecule has 0 bridgehead atoms. The van der Waals surface area contributed by atoms with Crippen LogP contribution in [-0.2, 0) is 9.53 Å². The molecule has 28 heavy (non-hydrogen) atoms. The number of para-hydroxylation sites is 3. The highest BCUT2D eigenvalue weighted by Gasteiger charge is 2.22. The molecule has 4 rings (SSSR count). The first-order valence-electron chi connectivity index (χ1n) is 9.58. The highest BCUT2D eigenvalue weighted by atomic mass is 16.5. The molecule has 6 nitrogen and oxygen atoms in total. The number of anilines is 2. The molecule has 2 heterocycles. The number of hydrogen-bond donors (Lipinski definition) is 1. The van der Waals surface area contributed by atoms with Crippen LogP contribution in [-0.4, -0.2) is 45.4 Å². The number of rotatable bonds is 5. The lowest BCUT2D eigenvalue weighted by Gasteiger charge is -2.30. The molecule has 0 saturated carbocycles. The van der Waals surface area contributed by atoms with Gasteiger partial charge in [-0.15, -0.1) is 0 Å². The van der Waals surface area contributed by atoms with Crippen molar-refractivity contribution in [3.05, 3.63) is 53.6 Å². The van der Waals surface area contributed by atoms with E-state index in [4.69, 9.17) is 14.2 Å². The minimum absolute atomic E-state index is 0.159. The smallest absolute Gasteiger partial charge is 0.255 e. The van der Waals surface area contributed by atoms with Crippen molar-refractivity contribution in [2.75, 3.05) is 49.7 Å². The number of hydrogen-bond acceptors (Lipinski definition) is 5. The Labute approximate surface area is 164 Å². The Morgan fingerprint density at radius 3 is 2.79 bits per heavy atom. The van der Waals surface area contributed by atoms with Crippen molar-refractivity contribution in [2.24, 2.45) is 0 Å². The van der Waals surface area contributed by atoms with Crippen molar-refractivity contribution >= 4 is 23.4 Å². The topological polar surface area (TPSA) is 60.0 Å². The monoisotopic (exact) mass is 380 g/mol. The van der Waals surface area contributed by atoms with E-state index in [0.29, 0.717) is 36.9 Å². The van der Waals surface area contributed by atoms with Crippen LogP contribution >= 0.6 is 0 Å². The second-order valence-corrected chi connectivity index (χ2v) is 6.64. The summed E-state index contributed by atoms with van der Waals surface area (Å²) in [6, 6.07) is 13.6. The van der Waals surface area contributed by atoms with Crippen molar-refractivity contribution in [1.82, 2.24) is 0 Å². The Morgan fingerprint density at radius 2 is 1.96 bits per heavy atom. The van der Waals surface area contributed by atoms with Crippen LogP contribution in [0.3, 0.4) is 0 Å². The van der Waals surface area contributed by atoms with Crippen LogP contribution in [0, 0.1) is 0 Å². The number of nitrogens with one attached hydrogen (secondary N) is 1. The predicted octanol–water partition coefficient (Wildman–Crippen LogP) is 3.34. The van der Waals surface area contributed by atoms with Crippen LogP contribution in [0.4, 0.5) is 11.4 Å². The van der Waals surface area contributed by atoms with Crippen molar-refractivity contribution in [3.63, 3.8) is 0 Å². The Kier molecular flexibility index (Phi) is 5.48. The summed E-state index contributed by atoms with van der Waals surface area (Å²) in [5.41, 5.74) is 3.24. The first-order valence-corrected chi connectivity index (χ1v) is 9.58. The Morgan fingerprint density at radius 1 is 1.14 bits per heavy atom. The summed E-state index contributed by atoms with van der Waals surface area (Å²) in [6.45, 7) is 5.72. The summed E-state index contributed by atoms with van der Waals surface area (Å²) in [7, 11) is 0. The van der Waals surface area contributed by atoms with Gasteiger partial charge in [-0.3, -0.25) is 4.79 Å². The summed E-state index contributed by atoms with van der Waals surface area (Å²) in [5, 5.41) is 3.05. The fourth-order valence-electron chi connectivity index (χ4n) is 3.44. The zero-order valence-corrected chi connectivity index (χ0v) is 15.9. The molecule has 6 heteroatoms. The van der Waals surface area contributed by atoms with Crippen LogP contribution in [0.2, 0.25) is 0 Å². The maximum Gasteiger partial charge on any atom is 0.255 e. The lowest BCUT2D eigenvalue weighted by molar-refractivity contribution is -0.113. The number of fused-ring (bicyclic) bond motifs is 1. The molecule has 1 N–H and O–H groups in total.